The normalized spacial score (nSPS) is 12.3. The van der Waals surface area contributed by atoms with E-state index in [0.717, 1.165) is 6.42 Å². The molecule has 0 saturated heterocycles. The fraction of sp³-hybridized carbons (Fsp3) is 0.381. The van der Waals surface area contributed by atoms with E-state index in [9.17, 15) is 13.2 Å². The zero-order valence-electron chi connectivity index (χ0n) is 17.1. The third-order valence-electron chi connectivity index (χ3n) is 4.57. The van der Waals surface area contributed by atoms with Crippen molar-refractivity contribution in [1.29, 1.82) is 0 Å². The molecule has 29 heavy (non-hydrogen) atoms. The van der Waals surface area contributed by atoms with Crippen LogP contribution in [-0.2, 0) is 26.2 Å². The van der Waals surface area contributed by atoms with E-state index >= 15 is 0 Å². The van der Waals surface area contributed by atoms with E-state index in [-0.39, 0.29) is 35.7 Å². The number of carbonyl (C=O) groups excluding carboxylic acids is 1. The summed E-state index contributed by atoms with van der Waals surface area (Å²) in [6.45, 7) is 4.09. The van der Waals surface area contributed by atoms with Crippen molar-refractivity contribution in [3.8, 4) is 11.5 Å². The van der Waals surface area contributed by atoms with Crippen LogP contribution in [0, 0.1) is 0 Å². The second kappa shape index (κ2) is 10.3. The first-order valence-corrected chi connectivity index (χ1v) is 10.7. The molecule has 0 radical (unpaired) electrons. The first kappa shape index (κ1) is 22.7. The molecule has 0 aliphatic carbocycles. The average Bonchev–Trinajstić information content (AvgIpc) is 2.72. The third-order valence-corrected chi connectivity index (χ3v) is 5.82. The number of amides is 1. The molecule has 0 aliphatic heterocycles. The minimum Gasteiger partial charge on any atom is -0.497 e. The van der Waals surface area contributed by atoms with Crippen LogP contribution in [0.1, 0.15) is 25.8 Å². The maximum Gasteiger partial charge on any atom is 0.339 e. The topological polar surface area (TPSA) is 82.1 Å². The van der Waals surface area contributed by atoms with Crippen LogP contribution in [0.2, 0.25) is 0 Å². The van der Waals surface area contributed by atoms with Crippen molar-refractivity contribution in [2.24, 2.45) is 0 Å². The summed E-state index contributed by atoms with van der Waals surface area (Å²) in [6.07, 6.45) is 0.753. The van der Waals surface area contributed by atoms with Gasteiger partial charge in [0.1, 0.15) is 23.0 Å². The molecule has 0 aromatic heterocycles. The van der Waals surface area contributed by atoms with Gasteiger partial charge in [-0.3, -0.25) is 4.79 Å². The van der Waals surface area contributed by atoms with E-state index in [1.807, 2.05) is 13.8 Å². The molecule has 2 aromatic rings. The first-order valence-electron chi connectivity index (χ1n) is 9.27. The molecule has 0 bridgehead atoms. The second-order valence-corrected chi connectivity index (χ2v) is 8.08. The molecular formula is C21H27NO6S. The molecule has 2 aromatic carbocycles. The van der Waals surface area contributed by atoms with Crippen LogP contribution in [-0.4, -0.2) is 46.1 Å². The van der Waals surface area contributed by atoms with Crippen molar-refractivity contribution in [2.75, 3.05) is 20.8 Å². The highest BCUT2D eigenvalue weighted by Gasteiger charge is 2.23. The molecule has 1 amide bonds. The molecule has 0 saturated carbocycles. The molecule has 7 nitrogen and oxygen atoms in total. The molecule has 0 N–H and O–H groups in total. The highest BCUT2D eigenvalue weighted by molar-refractivity contribution is 7.87. The number of hydrogen-bond acceptors (Lipinski definition) is 6. The Morgan fingerprint density at radius 1 is 1.07 bits per heavy atom. The van der Waals surface area contributed by atoms with E-state index in [4.69, 9.17) is 13.7 Å². The van der Waals surface area contributed by atoms with Gasteiger partial charge in [0.05, 0.1) is 7.11 Å². The summed E-state index contributed by atoms with van der Waals surface area (Å²) in [5, 5.41) is 0. The van der Waals surface area contributed by atoms with E-state index in [1.165, 1.54) is 26.4 Å². The van der Waals surface area contributed by atoms with Crippen LogP contribution >= 0.6 is 0 Å². The Morgan fingerprint density at radius 3 is 2.31 bits per heavy atom. The number of nitrogens with zero attached hydrogens (tertiary/aromatic N) is 1. The number of ether oxygens (including phenoxy) is 2. The molecule has 0 fully saturated rings. The molecule has 0 aliphatic rings. The lowest BCUT2D eigenvalue weighted by Crippen LogP contribution is -2.40. The monoisotopic (exact) mass is 421 g/mol. The Kier molecular flexibility index (Phi) is 8.04. The van der Waals surface area contributed by atoms with Gasteiger partial charge in [0.25, 0.3) is 0 Å². The highest BCUT2D eigenvalue weighted by Crippen LogP contribution is 2.26. The Labute approximate surface area is 172 Å². The van der Waals surface area contributed by atoms with E-state index in [0.29, 0.717) is 11.3 Å². The molecule has 158 valence electrons. The molecule has 1 atom stereocenters. The summed E-state index contributed by atoms with van der Waals surface area (Å²) in [7, 11) is -1.07. The first-order chi connectivity index (χ1) is 13.8. The number of para-hydroxylation sites is 1. The second-order valence-electron chi connectivity index (χ2n) is 6.53. The Bertz CT molecular complexity index is 911. The number of carbonyl (C=O) groups is 1. The molecule has 0 spiro atoms. The van der Waals surface area contributed by atoms with Crippen molar-refractivity contribution in [3.63, 3.8) is 0 Å². The smallest absolute Gasteiger partial charge is 0.339 e. The van der Waals surface area contributed by atoms with Gasteiger partial charge in [0, 0.05) is 25.3 Å². The maximum atomic E-state index is 12.7. The third kappa shape index (κ3) is 5.95. The summed E-state index contributed by atoms with van der Waals surface area (Å²) < 4.78 is 40.8. The predicted octanol–water partition coefficient (Wildman–Crippen LogP) is 3.24. The average molecular weight is 422 g/mol. The van der Waals surface area contributed by atoms with Gasteiger partial charge in [-0.05, 0) is 43.7 Å². The fourth-order valence-corrected chi connectivity index (χ4v) is 3.69. The molecule has 8 heteroatoms. The van der Waals surface area contributed by atoms with Gasteiger partial charge in [-0.2, -0.15) is 8.42 Å². The predicted molar refractivity (Wildman–Crippen MR) is 109 cm³/mol. The Morgan fingerprint density at radius 2 is 1.72 bits per heavy atom. The van der Waals surface area contributed by atoms with Gasteiger partial charge in [0.2, 0.25) is 5.91 Å². The summed E-state index contributed by atoms with van der Waals surface area (Å²) in [4.78, 5) is 14.1. The van der Waals surface area contributed by atoms with Gasteiger partial charge in [0.15, 0.2) is 0 Å². The zero-order chi connectivity index (χ0) is 21.4. The van der Waals surface area contributed by atoms with E-state index < -0.39 is 10.1 Å². The van der Waals surface area contributed by atoms with Crippen molar-refractivity contribution in [2.45, 2.75) is 37.8 Å². The highest BCUT2D eigenvalue weighted by atomic mass is 32.2. The number of rotatable bonds is 10. The molecule has 1 unspecified atom stereocenters. The van der Waals surface area contributed by atoms with Gasteiger partial charge in [-0.25, -0.2) is 0 Å². The number of methoxy groups -OCH3 is 2. The van der Waals surface area contributed by atoms with Crippen LogP contribution < -0.4 is 8.92 Å². The largest absolute Gasteiger partial charge is 0.497 e. The van der Waals surface area contributed by atoms with Crippen LogP contribution in [0.5, 0.6) is 11.5 Å². The summed E-state index contributed by atoms with van der Waals surface area (Å²) >= 11 is 0. The summed E-state index contributed by atoms with van der Waals surface area (Å²) in [6, 6.07) is 12.7. The Hall–Kier alpha value is -2.58. The molecule has 2 rings (SSSR count). The number of benzene rings is 2. The van der Waals surface area contributed by atoms with Crippen LogP contribution in [0.25, 0.3) is 0 Å². The van der Waals surface area contributed by atoms with Crippen LogP contribution in [0.4, 0.5) is 0 Å². The SMILES string of the molecule is CCC(C)N(Cc1ccccc1OS(=O)(=O)c1ccc(OC)cc1)C(=O)COC. The number of hydrogen-bond donors (Lipinski definition) is 0. The quantitative estimate of drug-likeness (QED) is 0.548. The summed E-state index contributed by atoms with van der Waals surface area (Å²) in [5.41, 5.74) is 0.592. The maximum absolute atomic E-state index is 12.7. The zero-order valence-corrected chi connectivity index (χ0v) is 17.9. The minimum atomic E-state index is -4.04. The molecular weight excluding hydrogens is 394 g/mol. The van der Waals surface area contributed by atoms with Gasteiger partial charge < -0.3 is 18.6 Å². The van der Waals surface area contributed by atoms with Gasteiger partial charge >= 0.3 is 10.1 Å². The van der Waals surface area contributed by atoms with Gasteiger partial charge in [-0.15, -0.1) is 0 Å². The van der Waals surface area contributed by atoms with Crippen molar-refractivity contribution >= 4 is 16.0 Å². The summed E-state index contributed by atoms with van der Waals surface area (Å²) in [5.74, 6) is 0.557. The lowest BCUT2D eigenvalue weighted by molar-refractivity contribution is -0.138. The Balaban J connectivity index is 2.30. The minimum absolute atomic E-state index is 0.0161. The standard InChI is InChI=1S/C21H27NO6S/c1-5-16(2)22(21(23)15-26-3)14-17-8-6-7-9-20(17)28-29(24,25)19-12-10-18(27-4)11-13-19/h6-13,16H,5,14-15H2,1-4H3. The van der Waals surface area contributed by atoms with Crippen LogP contribution in [0.3, 0.4) is 0 Å². The lowest BCUT2D eigenvalue weighted by Gasteiger charge is -2.29. The molecule has 0 heterocycles. The van der Waals surface area contributed by atoms with Crippen molar-refractivity contribution < 1.29 is 26.9 Å². The van der Waals surface area contributed by atoms with E-state index in [1.54, 1.807) is 41.3 Å². The van der Waals surface area contributed by atoms with Crippen LogP contribution in [0.15, 0.2) is 53.4 Å². The van der Waals surface area contributed by atoms with Crippen molar-refractivity contribution in [1.82, 2.24) is 4.90 Å². The van der Waals surface area contributed by atoms with E-state index in [2.05, 4.69) is 0 Å². The van der Waals surface area contributed by atoms with Gasteiger partial charge in [-0.1, -0.05) is 25.1 Å². The fourth-order valence-electron chi connectivity index (χ4n) is 2.72. The van der Waals surface area contributed by atoms with Crippen molar-refractivity contribution in [3.05, 3.63) is 54.1 Å². The lowest BCUT2D eigenvalue weighted by atomic mass is 10.1.